The van der Waals surface area contributed by atoms with Crippen molar-refractivity contribution in [1.29, 1.82) is 0 Å². The average Bonchev–Trinajstić information content (AvgIpc) is 3.35. The first-order valence-corrected chi connectivity index (χ1v) is 13.6. The van der Waals surface area contributed by atoms with Crippen molar-refractivity contribution < 1.29 is 0 Å². The van der Waals surface area contributed by atoms with Crippen molar-refractivity contribution >= 4 is 69.5 Å². The monoisotopic (exact) mass is 555 g/mol. The minimum atomic E-state index is 0.460. The molecule has 4 rings (SSSR count). The summed E-state index contributed by atoms with van der Waals surface area (Å²) in [6, 6.07) is 11.2. The molecule has 0 spiro atoms. The second-order valence-electron chi connectivity index (χ2n) is 7.69. The van der Waals surface area contributed by atoms with Gasteiger partial charge in [0.15, 0.2) is 0 Å². The van der Waals surface area contributed by atoms with E-state index in [9.17, 15) is 0 Å². The highest BCUT2D eigenvalue weighted by molar-refractivity contribution is 8.01. The zero-order valence-electron chi connectivity index (χ0n) is 18.2. The van der Waals surface area contributed by atoms with E-state index in [2.05, 4.69) is 13.8 Å². The number of benzene rings is 2. The Morgan fingerprint density at radius 2 is 1.79 bits per heavy atom. The quantitative estimate of drug-likeness (QED) is 0.212. The lowest BCUT2D eigenvalue weighted by molar-refractivity contribution is 0.853. The van der Waals surface area contributed by atoms with Crippen molar-refractivity contribution in [2.24, 2.45) is 0 Å². The van der Waals surface area contributed by atoms with Gasteiger partial charge in [0, 0.05) is 33.5 Å². The largest absolute Gasteiger partial charge is 0.217 e. The minimum Gasteiger partial charge on any atom is -0.217 e. The van der Waals surface area contributed by atoms with Gasteiger partial charge in [0.2, 0.25) is 5.13 Å². The van der Waals surface area contributed by atoms with Gasteiger partial charge in [0.05, 0.1) is 25.6 Å². The maximum absolute atomic E-state index is 6.39. The first kappa shape index (κ1) is 24.9. The molecule has 2 heterocycles. The fourth-order valence-electron chi connectivity index (χ4n) is 3.20. The van der Waals surface area contributed by atoms with E-state index in [0.29, 0.717) is 31.8 Å². The van der Waals surface area contributed by atoms with Crippen LogP contribution in [-0.4, -0.2) is 20.0 Å². The van der Waals surface area contributed by atoms with Crippen molar-refractivity contribution in [2.45, 2.75) is 43.1 Å². The fourth-order valence-corrected chi connectivity index (χ4v) is 6.44. The van der Waals surface area contributed by atoms with Crippen molar-refractivity contribution in [3.8, 4) is 16.4 Å². The fraction of sp³-hybridized carbons (Fsp3) is 0.250. The van der Waals surface area contributed by atoms with E-state index in [1.54, 1.807) is 17.4 Å². The topological polar surface area (TPSA) is 30.7 Å². The number of nitrogens with zero attached hydrogens (tertiary/aromatic N) is 3. The molecule has 3 nitrogen and oxygen atoms in total. The van der Waals surface area contributed by atoms with Crippen LogP contribution in [0.15, 0.2) is 46.8 Å². The Labute approximate surface area is 222 Å². The van der Waals surface area contributed by atoms with Gasteiger partial charge in [-0.1, -0.05) is 83.7 Å². The molecule has 0 amide bonds. The summed E-state index contributed by atoms with van der Waals surface area (Å²) < 4.78 is 2.98. The summed E-state index contributed by atoms with van der Waals surface area (Å²) in [4.78, 5) is 4.95. The van der Waals surface area contributed by atoms with Crippen molar-refractivity contribution in [2.75, 3.05) is 0 Å². The standard InChI is InChI=1S/C24H21Cl4N3S2/c1-4-13(2)32-23-22(16-6-8-19(26)21(28)10-16)29-24(33-23)31-12-17(14(3)30-31)9-15-5-7-18(25)11-20(15)27/h5-8,10-13H,4,9H2,1-3H3. The maximum Gasteiger partial charge on any atom is 0.211 e. The Kier molecular flexibility index (Phi) is 7.99. The van der Waals surface area contributed by atoms with Gasteiger partial charge in [0.1, 0.15) is 0 Å². The van der Waals surface area contributed by atoms with Crippen LogP contribution in [0, 0.1) is 6.92 Å². The highest BCUT2D eigenvalue weighted by Gasteiger charge is 2.19. The molecular weight excluding hydrogens is 536 g/mol. The zero-order valence-corrected chi connectivity index (χ0v) is 22.9. The van der Waals surface area contributed by atoms with Gasteiger partial charge in [-0.05, 0) is 48.7 Å². The molecule has 4 aromatic rings. The summed E-state index contributed by atoms with van der Waals surface area (Å²) in [6.07, 6.45) is 3.75. The molecule has 0 saturated carbocycles. The molecular formula is C24H21Cl4N3S2. The molecule has 2 aromatic carbocycles. The lowest BCUT2D eigenvalue weighted by Gasteiger charge is -2.08. The summed E-state index contributed by atoms with van der Waals surface area (Å²) in [7, 11) is 0. The number of aryl methyl sites for hydroxylation is 1. The van der Waals surface area contributed by atoms with Crippen LogP contribution in [0.4, 0.5) is 0 Å². The smallest absolute Gasteiger partial charge is 0.211 e. The molecule has 172 valence electrons. The number of halogens is 4. The Hall–Kier alpha value is -1.21. The van der Waals surface area contributed by atoms with Crippen LogP contribution in [0.2, 0.25) is 20.1 Å². The molecule has 0 N–H and O–H groups in total. The minimum absolute atomic E-state index is 0.460. The van der Waals surface area contributed by atoms with Crippen LogP contribution in [0.25, 0.3) is 16.4 Å². The molecule has 2 aromatic heterocycles. The van der Waals surface area contributed by atoms with Crippen LogP contribution < -0.4 is 0 Å². The van der Waals surface area contributed by atoms with E-state index < -0.39 is 0 Å². The molecule has 1 unspecified atom stereocenters. The van der Waals surface area contributed by atoms with Gasteiger partial charge >= 0.3 is 0 Å². The summed E-state index contributed by atoms with van der Waals surface area (Å²) in [5.74, 6) is 0. The Morgan fingerprint density at radius 1 is 1.00 bits per heavy atom. The van der Waals surface area contributed by atoms with Gasteiger partial charge in [-0.25, -0.2) is 9.67 Å². The van der Waals surface area contributed by atoms with E-state index >= 15 is 0 Å². The van der Waals surface area contributed by atoms with Crippen molar-refractivity contribution in [3.63, 3.8) is 0 Å². The first-order valence-electron chi connectivity index (χ1n) is 10.4. The number of hydrogen-bond acceptors (Lipinski definition) is 4. The van der Waals surface area contributed by atoms with Crippen LogP contribution in [0.5, 0.6) is 0 Å². The van der Waals surface area contributed by atoms with E-state index in [0.717, 1.165) is 43.8 Å². The highest BCUT2D eigenvalue weighted by Crippen LogP contribution is 2.41. The lowest BCUT2D eigenvalue weighted by atomic mass is 10.1. The normalized spacial score (nSPS) is 12.3. The Morgan fingerprint density at radius 3 is 2.48 bits per heavy atom. The summed E-state index contributed by atoms with van der Waals surface area (Å²) in [5.41, 5.74) is 4.86. The summed E-state index contributed by atoms with van der Waals surface area (Å²) in [5, 5.41) is 8.32. The molecule has 0 fully saturated rings. The average molecular weight is 557 g/mol. The van der Waals surface area contributed by atoms with Crippen molar-refractivity contribution in [1.82, 2.24) is 14.8 Å². The second kappa shape index (κ2) is 10.6. The van der Waals surface area contributed by atoms with Gasteiger partial charge in [-0.3, -0.25) is 0 Å². The number of thiazole rings is 1. The van der Waals surface area contributed by atoms with Gasteiger partial charge < -0.3 is 0 Å². The second-order valence-corrected chi connectivity index (χ2v) is 12.0. The highest BCUT2D eigenvalue weighted by atomic mass is 35.5. The number of aromatic nitrogens is 3. The number of hydrogen-bond donors (Lipinski definition) is 0. The third kappa shape index (κ3) is 5.72. The third-order valence-corrected chi connectivity index (χ3v) is 9.10. The molecule has 0 aliphatic heterocycles. The van der Waals surface area contributed by atoms with Crippen molar-refractivity contribution in [3.05, 3.63) is 79.5 Å². The van der Waals surface area contributed by atoms with Crippen LogP contribution >= 0.6 is 69.5 Å². The van der Waals surface area contributed by atoms with E-state index in [1.165, 1.54) is 0 Å². The molecule has 9 heteroatoms. The van der Waals surface area contributed by atoms with E-state index in [-0.39, 0.29) is 0 Å². The van der Waals surface area contributed by atoms with Crippen LogP contribution in [-0.2, 0) is 6.42 Å². The Balaban J connectivity index is 1.71. The molecule has 1 atom stereocenters. The zero-order chi connectivity index (χ0) is 23.7. The van der Waals surface area contributed by atoms with Gasteiger partial charge in [-0.15, -0.1) is 11.8 Å². The van der Waals surface area contributed by atoms with Gasteiger partial charge in [0.25, 0.3) is 0 Å². The summed E-state index contributed by atoms with van der Waals surface area (Å²) in [6.45, 7) is 6.40. The number of thioether (sulfide) groups is 1. The molecule has 33 heavy (non-hydrogen) atoms. The van der Waals surface area contributed by atoms with Crippen LogP contribution in [0.3, 0.4) is 0 Å². The van der Waals surface area contributed by atoms with Crippen LogP contribution in [0.1, 0.15) is 37.1 Å². The van der Waals surface area contributed by atoms with E-state index in [1.807, 2.05) is 59.9 Å². The molecule has 0 aliphatic carbocycles. The lowest BCUT2D eigenvalue weighted by Crippen LogP contribution is -1.94. The van der Waals surface area contributed by atoms with E-state index in [4.69, 9.17) is 56.5 Å². The molecule has 0 bridgehead atoms. The Bertz CT molecular complexity index is 1300. The SMILES string of the molecule is CCC(C)Sc1sc(-n2cc(Cc3ccc(Cl)cc3Cl)c(C)n2)nc1-c1ccc(Cl)c(Cl)c1. The third-order valence-electron chi connectivity index (χ3n) is 5.25. The predicted octanol–water partition coefficient (Wildman–Crippen LogP) is 9.40. The summed E-state index contributed by atoms with van der Waals surface area (Å²) >= 11 is 28.3. The van der Waals surface area contributed by atoms with Gasteiger partial charge in [-0.2, -0.15) is 5.10 Å². The first-order chi connectivity index (χ1) is 15.7. The molecule has 0 radical (unpaired) electrons. The molecule has 0 aliphatic rings. The maximum atomic E-state index is 6.39. The predicted molar refractivity (Wildman–Crippen MR) is 144 cm³/mol. The number of rotatable bonds is 7. The molecule has 0 saturated heterocycles.